The Morgan fingerprint density at radius 3 is 2.90 bits per heavy atom. The number of ether oxygens (including phenoxy) is 1. The maximum Gasteiger partial charge on any atom is 0.250 e. The van der Waals surface area contributed by atoms with Crippen molar-refractivity contribution in [2.45, 2.75) is 45.4 Å². The number of aryl methyl sites for hydroxylation is 5. The lowest BCUT2D eigenvalue weighted by Crippen LogP contribution is -2.16. The second-order valence-electron chi connectivity index (χ2n) is 8.56. The summed E-state index contributed by atoms with van der Waals surface area (Å²) in [4.78, 5) is 26.0. The van der Waals surface area contributed by atoms with Gasteiger partial charge in [0, 0.05) is 48.7 Å². The molecule has 1 saturated carbocycles. The molecule has 6 heteroatoms. The summed E-state index contributed by atoms with van der Waals surface area (Å²) in [5.41, 5.74) is 6.41. The number of fused-ring (bicyclic) bond motifs is 1. The molecule has 0 amide bonds. The lowest BCUT2D eigenvalue weighted by Gasteiger charge is -2.13. The molecule has 0 radical (unpaired) electrons. The van der Waals surface area contributed by atoms with Crippen LogP contribution in [0.15, 0.2) is 35.4 Å². The van der Waals surface area contributed by atoms with Crippen molar-refractivity contribution in [2.75, 3.05) is 6.61 Å². The van der Waals surface area contributed by atoms with Crippen LogP contribution in [-0.4, -0.2) is 26.1 Å². The van der Waals surface area contributed by atoms with E-state index >= 15 is 0 Å². The highest BCUT2D eigenvalue weighted by atomic mass is 16.5. The summed E-state index contributed by atoms with van der Waals surface area (Å²) in [6.07, 6.45) is 8.18. The van der Waals surface area contributed by atoms with Gasteiger partial charge in [-0.15, -0.1) is 0 Å². The van der Waals surface area contributed by atoms with Gasteiger partial charge < -0.3 is 9.30 Å². The first-order chi connectivity index (χ1) is 14.5. The molecule has 154 valence electrons. The smallest absolute Gasteiger partial charge is 0.250 e. The second-order valence-corrected chi connectivity index (χ2v) is 8.56. The van der Waals surface area contributed by atoms with E-state index in [0.717, 1.165) is 36.0 Å². The molecule has 5 rings (SSSR count). The molecule has 2 aliphatic carbocycles. The van der Waals surface area contributed by atoms with Crippen LogP contribution in [0.2, 0.25) is 0 Å². The van der Waals surface area contributed by atoms with E-state index in [2.05, 4.69) is 22.1 Å². The van der Waals surface area contributed by atoms with Crippen molar-refractivity contribution in [3.8, 4) is 17.0 Å². The summed E-state index contributed by atoms with van der Waals surface area (Å²) in [5, 5.41) is 0. The van der Waals surface area contributed by atoms with Gasteiger partial charge in [0.1, 0.15) is 5.82 Å². The standard InChI is InChI=1S/C24H26N4O2/c1-14-12-28(3)23(29)10-18(14)20-11-25-15(2)26-24(20)30-13-17-9-19(17)22-8-7-16-5-4-6-21(16)27-22/h7-8,10-12,17,19H,4-6,9,13H2,1-3H3/t17-,19+/m1/s1. The monoisotopic (exact) mass is 402 g/mol. The van der Waals surface area contributed by atoms with E-state index in [9.17, 15) is 4.79 Å². The van der Waals surface area contributed by atoms with Gasteiger partial charge in [-0.2, -0.15) is 4.98 Å². The largest absolute Gasteiger partial charge is 0.477 e. The van der Waals surface area contributed by atoms with Crippen LogP contribution in [0.4, 0.5) is 0 Å². The molecule has 0 aromatic carbocycles. The Bertz CT molecular complexity index is 1180. The summed E-state index contributed by atoms with van der Waals surface area (Å²) in [5.74, 6) is 2.12. The SMILES string of the molecule is Cc1ncc(-c2cc(=O)n(C)cc2C)c(OC[C@H]2C[C@@H]2c2ccc3c(n2)CCC3)n1. The Morgan fingerprint density at radius 2 is 2.03 bits per heavy atom. The van der Waals surface area contributed by atoms with Crippen LogP contribution >= 0.6 is 0 Å². The van der Waals surface area contributed by atoms with Gasteiger partial charge >= 0.3 is 0 Å². The van der Waals surface area contributed by atoms with E-state index in [0.29, 0.717) is 30.1 Å². The molecule has 0 spiro atoms. The van der Waals surface area contributed by atoms with Crippen LogP contribution in [0.5, 0.6) is 5.88 Å². The van der Waals surface area contributed by atoms with Crippen LogP contribution in [0, 0.1) is 19.8 Å². The molecule has 1 fully saturated rings. The van der Waals surface area contributed by atoms with Crippen LogP contribution in [-0.2, 0) is 19.9 Å². The van der Waals surface area contributed by atoms with Crippen molar-refractivity contribution in [1.82, 2.24) is 19.5 Å². The minimum absolute atomic E-state index is 0.0629. The fourth-order valence-corrected chi connectivity index (χ4v) is 4.42. The number of hydrogen-bond acceptors (Lipinski definition) is 5. The first kappa shape index (κ1) is 19.0. The second kappa shape index (κ2) is 7.35. The molecule has 3 heterocycles. The highest BCUT2D eigenvalue weighted by molar-refractivity contribution is 5.70. The van der Waals surface area contributed by atoms with Crippen LogP contribution in [0.1, 0.15) is 47.1 Å². The molecule has 0 aliphatic heterocycles. The average Bonchev–Trinajstić information content (AvgIpc) is 3.35. The molecule has 30 heavy (non-hydrogen) atoms. The third-order valence-electron chi connectivity index (χ3n) is 6.28. The minimum atomic E-state index is -0.0629. The molecule has 2 atom stereocenters. The van der Waals surface area contributed by atoms with Gasteiger partial charge in [0.15, 0.2) is 0 Å². The Balaban J connectivity index is 1.34. The fraction of sp³-hybridized carbons (Fsp3) is 0.417. The minimum Gasteiger partial charge on any atom is -0.477 e. The van der Waals surface area contributed by atoms with Gasteiger partial charge in [0.2, 0.25) is 5.88 Å². The van der Waals surface area contributed by atoms with Crippen LogP contribution in [0.3, 0.4) is 0 Å². The Labute approximate surface area is 176 Å². The normalized spacial score (nSPS) is 19.6. The number of hydrogen-bond donors (Lipinski definition) is 0. The van der Waals surface area contributed by atoms with Gasteiger partial charge in [-0.3, -0.25) is 9.78 Å². The lowest BCUT2D eigenvalue weighted by atomic mass is 10.1. The van der Waals surface area contributed by atoms with E-state index in [1.54, 1.807) is 23.9 Å². The third kappa shape index (κ3) is 3.51. The van der Waals surface area contributed by atoms with Crippen LogP contribution in [0.25, 0.3) is 11.1 Å². The first-order valence-corrected chi connectivity index (χ1v) is 10.6. The van der Waals surface area contributed by atoms with Gasteiger partial charge in [-0.25, -0.2) is 4.98 Å². The number of aromatic nitrogens is 4. The lowest BCUT2D eigenvalue weighted by molar-refractivity contribution is 0.285. The number of nitrogens with zero attached hydrogens (tertiary/aromatic N) is 4. The highest BCUT2D eigenvalue weighted by Crippen LogP contribution is 2.47. The van der Waals surface area contributed by atoms with Crippen molar-refractivity contribution < 1.29 is 4.74 Å². The third-order valence-corrected chi connectivity index (χ3v) is 6.28. The van der Waals surface area contributed by atoms with Crippen molar-refractivity contribution in [1.29, 1.82) is 0 Å². The van der Waals surface area contributed by atoms with Crippen molar-refractivity contribution >= 4 is 0 Å². The van der Waals surface area contributed by atoms with E-state index < -0.39 is 0 Å². The zero-order valence-electron chi connectivity index (χ0n) is 17.7. The Morgan fingerprint density at radius 1 is 1.17 bits per heavy atom. The summed E-state index contributed by atoms with van der Waals surface area (Å²) in [7, 11) is 1.75. The summed E-state index contributed by atoms with van der Waals surface area (Å²) in [6, 6.07) is 6.08. The van der Waals surface area contributed by atoms with Gasteiger partial charge in [0.25, 0.3) is 5.56 Å². The fourth-order valence-electron chi connectivity index (χ4n) is 4.42. The molecule has 0 bridgehead atoms. The zero-order valence-corrected chi connectivity index (χ0v) is 17.7. The van der Waals surface area contributed by atoms with Gasteiger partial charge in [-0.05, 0) is 62.3 Å². The van der Waals surface area contributed by atoms with E-state index in [1.165, 1.54) is 23.4 Å². The molecule has 0 unspecified atom stereocenters. The summed E-state index contributed by atoms with van der Waals surface area (Å²) in [6.45, 7) is 4.42. The quantitative estimate of drug-likeness (QED) is 0.653. The molecule has 0 N–H and O–H groups in total. The van der Waals surface area contributed by atoms with Gasteiger partial charge in [0.05, 0.1) is 12.2 Å². The van der Waals surface area contributed by atoms with E-state index in [4.69, 9.17) is 9.72 Å². The van der Waals surface area contributed by atoms with E-state index in [1.807, 2.05) is 20.0 Å². The molecule has 3 aromatic rings. The number of pyridine rings is 2. The molecular formula is C24H26N4O2. The predicted molar refractivity (Wildman–Crippen MR) is 115 cm³/mol. The molecule has 2 aliphatic rings. The summed E-state index contributed by atoms with van der Waals surface area (Å²) < 4.78 is 7.75. The topological polar surface area (TPSA) is 69.9 Å². The maximum absolute atomic E-state index is 12.2. The van der Waals surface area contributed by atoms with Crippen molar-refractivity contribution in [3.63, 3.8) is 0 Å². The van der Waals surface area contributed by atoms with Crippen molar-refractivity contribution in [3.05, 3.63) is 69.3 Å². The number of rotatable bonds is 5. The van der Waals surface area contributed by atoms with Gasteiger partial charge in [-0.1, -0.05) is 6.07 Å². The van der Waals surface area contributed by atoms with Crippen molar-refractivity contribution in [2.24, 2.45) is 13.0 Å². The molecular weight excluding hydrogens is 376 g/mol. The molecule has 6 nitrogen and oxygen atoms in total. The Hall–Kier alpha value is -3.02. The Kier molecular flexibility index (Phi) is 4.65. The molecule has 3 aromatic heterocycles. The van der Waals surface area contributed by atoms with Crippen LogP contribution < -0.4 is 10.3 Å². The summed E-state index contributed by atoms with van der Waals surface area (Å²) >= 11 is 0. The first-order valence-electron chi connectivity index (χ1n) is 10.6. The molecule has 0 saturated heterocycles. The van der Waals surface area contributed by atoms with E-state index in [-0.39, 0.29) is 5.56 Å². The highest BCUT2D eigenvalue weighted by Gasteiger charge is 2.40. The maximum atomic E-state index is 12.2. The predicted octanol–water partition coefficient (Wildman–Crippen LogP) is 3.53. The zero-order chi connectivity index (χ0) is 20.8. The average molecular weight is 402 g/mol.